The maximum atomic E-state index is 7.12. The molecule has 0 aliphatic rings. The first kappa shape index (κ1) is 17.3. The van der Waals surface area contributed by atoms with E-state index in [0.717, 1.165) is 18.8 Å². The highest BCUT2D eigenvalue weighted by Gasteiger charge is 1.97. The van der Waals surface area contributed by atoms with Crippen LogP contribution in [0.25, 0.3) is 11.1 Å². The molecular formula is C17H23BO3. The molecule has 0 unspecified atom stereocenters. The van der Waals surface area contributed by atoms with Gasteiger partial charge in [0.1, 0.15) is 5.75 Å². The monoisotopic (exact) mass is 286 g/mol. The highest BCUT2D eigenvalue weighted by Crippen LogP contribution is 2.22. The second kappa shape index (κ2) is 10.9. The molecule has 0 atom stereocenters. The van der Waals surface area contributed by atoms with Gasteiger partial charge in [-0.2, -0.15) is 0 Å². The molecule has 0 aromatic heterocycles. The largest absolute Gasteiger partial charge is 0.494 e. The second-order valence-corrected chi connectivity index (χ2v) is 4.59. The van der Waals surface area contributed by atoms with Crippen LogP contribution in [0.2, 0.25) is 0 Å². The van der Waals surface area contributed by atoms with Crippen molar-refractivity contribution in [2.45, 2.75) is 26.2 Å². The van der Waals surface area contributed by atoms with Crippen molar-refractivity contribution in [3.63, 3.8) is 0 Å². The predicted molar refractivity (Wildman–Crippen MR) is 88.5 cm³/mol. The fourth-order valence-corrected chi connectivity index (χ4v) is 1.92. The minimum atomic E-state index is -0.750. The fraction of sp³-hybridized carbons (Fsp3) is 0.294. The smallest absolute Gasteiger partial charge is 0.432 e. The quantitative estimate of drug-likeness (QED) is 0.633. The molecule has 0 fully saturated rings. The first-order valence-corrected chi connectivity index (χ1v) is 7.31. The van der Waals surface area contributed by atoms with Gasteiger partial charge in [-0.1, -0.05) is 62.2 Å². The van der Waals surface area contributed by atoms with Gasteiger partial charge < -0.3 is 14.8 Å². The minimum absolute atomic E-state index is 0.750. The normalized spacial score (nSPS) is 9.48. The van der Waals surface area contributed by atoms with Crippen LogP contribution in [-0.4, -0.2) is 24.3 Å². The van der Waals surface area contributed by atoms with E-state index in [9.17, 15) is 0 Å². The Hall–Kier alpha value is -1.78. The van der Waals surface area contributed by atoms with Gasteiger partial charge in [-0.05, 0) is 29.7 Å². The van der Waals surface area contributed by atoms with Crippen molar-refractivity contribution >= 4 is 7.69 Å². The molecule has 0 saturated heterocycles. The molecule has 21 heavy (non-hydrogen) atoms. The summed E-state index contributed by atoms with van der Waals surface area (Å²) in [4.78, 5) is 0. The Morgan fingerprint density at radius 1 is 0.857 bits per heavy atom. The summed E-state index contributed by atoms with van der Waals surface area (Å²) in [5, 5.41) is 14.2. The molecule has 0 spiro atoms. The first-order chi connectivity index (χ1) is 10.3. The van der Waals surface area contributed by atoms with Crippen LogP contribution in [-0.2, 0) is 0 Å². The van der Waals surface area contributed by atoms with Crippen molar-refractivity contribution in [3.05, 3.63) is 54.6 Å². The summed E-state index contributed by atoms with van der Waals surface area (Å²) >= 11 is 0. The average Bonchev–Trinajstić information content (AvgIpc) is 2.54. The van der Waals surface area contributed by atoms with E-state index in [4.69, 9.17) is 14.8 Å². The molecule has 0 radical (unpaired) electrons. The zero-order valence-corrected chi connectivity index (χ0v) is 12.5. The first-order valence-electron chi connectivity index (χ1n) is 7.31. The van der Waals surface area contributed by atoms with Crippen molar-refractivity contribution in [1.82, 2.24) is 0 Å². The van der Waals surface area contributed by atoms with Gasteiger partial charge in [-0.3, -0.25) is 0 Å². The van der Waals surface area contributed by atoms with Crippen molar-refractivity contribution in [2.75, 3.05) is 6.61 Å². The number of benzene rings is 2. The van der Waals surface area contributed by atoms with Crippen molar-refractivity contribution in [1.29, 1.82) is 0 Å². The molecular weight excluding hydrogens is 263 g/mol. The molecule has 2 rings (SSSR count). The summed E-state index contributed by atoms with van der Waals surface area (Å²) in [5.74, 6) is 0.964. The van der Waals surface area contributed by atoms with E-state index in [1.807, 2.05) is 18.2 Å². The van der Waals surface area contributed by atoms with Gasteiger partial charge in [0.05, 0.1) is 6.61 Å². The molecule has 3 nitrogen and oxygen atoms in total. The Bertz CT molecular complexity index is 471. The van der Waals surface area contributed by atoms with E-state index in [2.05, 4.69) is 43.3 Å². The van der Waals surface area contributed by atoms with E-state index in [1.54, 1.807) is 0 Å². The Kier molecular flexibility index (Phi) is 9.01. The summed E-state index contributed by atoms with van der Waals surface area (Å²) in [6, 6.07) is 18.7. The molecule has 0 bridgehead atoms. The molecule has 2 N–H and O–H groups in total. The Balaban J connectivity index is 0.000000677. The highest BCUT2D eigenvalue weighted by atomic mass is 16.5. The summed E-state index contributed by atoms with van der Waals surface area (Å²) in [6.45, 7) is 3.02. The molecule has 0 amide bonds. The zero-order chi connectivity index (χ0) is 15.3. The van der Waals surface area contributed by atoms with Crippen LogP contribution >= 0.6 is 0 Å². The van der Waals surface area contributed by atoms with Crippen LogP contribution in [0.1, 0.15) is 26.2 Å². The maximum absolute atomic E-state index is 7.12. The molecule has 0 aliphatic heterocycles. The van der Waals surface area contributed by atoms with E-state index < -0.39 is 7.69 Å². The molecule has 2 aromatic carbocycles. The van der Waals surface area contributed by atoms with E-state index in [1.165, 1.54) is 24.0 Å². The lowest BCUT2D eigenvalue weighted by molar-refractivity contribution is 0.306. The van der Waals surface area contributed by atoms with Gasteiger partial charge in [0.25, 0.3) is 0 Å². The molecule has 0 aliphatic carbocycles. The number of ether oxygens (including phenoxy) is 1. The van der Waals surface area contributed by atoms with Gasteiger partial charge in [-0.25, -0.2) is 0 Å². The SMILES string of the molecule is CCCCCOc1ccc(-c2ccccc2)cc1.OBO. The number of hydrogen-bond donors (Lipinski definition) is 2. The summed E-state index contributed by atoms with van der Waals surface area (Å²) < 4.78 is 5.70. The van der Waals surface area contributed by atoms with E-state index in [-0.39, 0.29) is 0 Å². The van der Waals surface area contributed by atoms with Gasteiger partial charge in [0.15, 0.2) is 0 Å². The van der Waals surface area contributed by atoms with Crippen LogP contribution in [0.3, 0.4) is 0 Å². The Morgan fingerprint density at radius 3 is 2.00 bits per heavy atom. The maximum Gasteiger partial charge on any atom is 0.432 e. The summed E-state index contributed by atoms with van der Waals surface area (Å²) in [7, 11) is -0.750. The van der Waals surface area contributed by atoms with Gasteiger partial charge in [0, 0.05) is 0 Å². The Labute approximate surface area is 127 Å². The molecule has 2 aromatic rings. The lowest BCUT2D eigenvalue weighted by atomic mass is 10.1. The van der Waals surface area contributed by atoms with Crippen LogP contribution in [0.5, 0.6) is 5.75 Å². The lowest BCUT2D eigenvalue weighted by Gasteiger charge is -2.07. The third-order valence-electron chi connectivity index (χ3n) is 2.98. The second-order valence-electron chi connectivity index (χ2n) is 4.59. The molecule has 0 heterocycles. The van der Waals surface area contributed by atoms with Crippen molar-refractivity contribution < 1.29 is 14.8 Å². The number of hydrogen-bond acceptors (Lipinski definition) is 3. The summed E-state index contributed by atoms with van der Waals surface area (Å²) in [5.41, 5.74) is 2.48. The minimum Gasteiger partial charge on any atom is -0.494 e. The van der Waals surface area contributed by atoms with Crippen molar-refractivity contribution in [2.24, 2.45) is 0 Å². The van der Waals surface area contributed by atoms with Gasteiger partial charge in [0.2, 0.25) is 0 Å². The summed E-state index contributed by atoms with van der Waals surface area (Å²) in [6.07, 6.45) is 3.61. The van der Waals surface area contributed by atoms with Gasteiger partial charge in [-0.15, -0.1) is 0 Å². The highest BCUT2D eigenvalue weighted by molar-refractivity contribution is 6.13. The Morgan fingerprint density at radius 2 is 1.43 bits per heavy atom. The predicted octanol–water partition coefficient (Wildman–Crippen LogP) is 3.16. The zero-order valence-electron chi connectivity index (χ0n) is 12.5. The topological polar surface area (TPSA) is 49.7 Å². The van der Waals surface area contributed by atoms with Crippen LogP contribution < -0.4 is 4.74 Å². The third kappa shape index (κ3) is 6.98. The fourth-order valence-electron chi connectivity index (χ4n) is 1.92. The van der Waals surface area contributed by atoms with Crippen LogP contribution in [0, 0.1) is 0 Å². The van der Waals surface area contributed by atoms with E-state index >= 15 is 0 Å². The molecule has 4 heteroatoms. The molecule has 0 saturated carbocycles. The average molecular weight is 286 g/mol. The van der Waals surface area contributed by atoms with Crippen molar-refractivity contribution in [3.8, 4) is 16.9 Å². The molecule has 112 valence electrons. The number of rotatable bonds is 6. The van der Waals surface area contributed by atoms with Crippen LogP contribution in [0.15, 0.2) is 54.6 Å². The lowest BCUT2D eigenvalue weighted by Crippen LogP contribution is -1.96. The van der Waals surface area contributed by atoms with Gasteiger partial charge >= 0.3 is 7.69 Å². The standard InChI is InChI=1S/C17H20O.BH3O2/c1-2-3-7-14-18-17-12-10-16(11-13-17)15-8-5-4-6-9-15;2-1-3/h4-6,8-13H,2-3,7,14H2,1H3;1-3H. The number of unbranched alkanes of at least 4 members (excludes halogenated alkanes) is 2. The van der Waals surface area contributed by atoms with E-state index in [0.29, 0.717) is 0 Å². The third-order valence-corrected chi connectivity index (χ3v) is 2.98. The van der Waals surface area contributed by atoms with Crippen LogP contribution in [0.4, 0.5) is 0 Å².